The number of hydrogen-bond donors (Lipinski definition) is 1. The molecule has 30 heavy (non-hydrogen) atoms. The monoisotopic (exact) mass is 471 g/mol. The number of benzene rings is 1. The van der Waals surface area contributed by atoms with Gasteiger partial charge in [-0.3, -0.25) is 9.52 Å². The third-order valence-electron chi connectivity index (χ3n) is 4.98. The van der Waals surface area contributed by atoms with Crippen LogP contribution in [0.2, 0.25) is 4.34 Å². The summed E-state index contributed by atoms with van der Waals surface area (Å²) in [5.41, 5.74) is 0.841. The summed E-state index contributed by atoms with van der Waals surface area (Å²) in [6.45, 7) is 2.05. The minimum Gasteiger partial charge on any atom is -0.303 e. The average molecular weight is 472 g/mol. The lowest BCUT2D eigenvalue weighted by Crippen LogP contribution is -2.35. The van der Waals surface area contributed by atoms with E-state index in [-0.39, 0.29) is 36.1 Å². The molecule has 6 nitrogen and oxygen atoms in total. The van der Waals surface area contributed by atoms with E-state index in [4.69, 9.17) is 11.6 Å². The van der Waals surface area contributed by atoms with Gasteiger partial charge in [-0.1, -0.05) is 17.7 Å². The molecule has 0 saturated heterocycles. The van der Waals surface area contributed by atoms with E-state index in [1.165, 1.54) is 28.4 Å². The van der Waals surface area contributed by atoms with Gasteiger partial charge in [0.1, 0.15) is 11.5 Å². The molecule has 0 unspecified atom stereocenters. The highest BCUT2D eigenvalue weighted by Gasteiger charge is 2.30. The lowest BCUT2D eigenvalue weighted by molar-refractivity contribution is -0.114. The summed E-state index contributed by atoms with van der Waals surface area (Å²) in [6.07, 6.45) is 1.75. The van der Waals surface area contributed by atoms with Crippen molar-refractivity contribution in [2.75, 3.05) is 31.3 Å². The molecule has 1 aliphatic heterocycles. The maximum Gasteiger partial charge on any atom is 0.275 e. The van der Waals surface area contributed by atoms with Crippen LogP contribution in [0.15, 0.2) is 42.1 Å². The van der Waals surface area contributed by atoms with Crippen LogP contribution >= 0.6 is 22.9 Å². The summed E-state index contributed by atoms with van der Waals surface area (Å²) in [4.78, 5) is 16.7. The van der Waals surface area contributed by atoms with Crippen molar-refractivity contribution in [1.82, 2.24) is 9.62 Å². The zero-order chi connectivity index (χ0) is 22.1. The Labute approximate surface area is 185 Å². The molecule has 1 aliphatic rings. The van der Waals surface area contributed by atoms with Crippen LogP contribution in [-0.4, -0.2) is 45.6 Å². The van der Waals surface area contributed by atoms with Gasteiger partial charge >= 0.3 is 0 Å². The third kappa shape index (κ3) is 5.21. The number of nitrogens with zero attached hydrogens (tertiary/aromatic N) is 2. The van der Waals surface area contributed by atoms with E-state index in [1.54, 1.807) is 24.3 Å². The first kappa shape index (κ1) is 22.7. The summed E-state index contributed by atoms with van der Waals surface area (Å²) in [5, 5.41) is 0. The van der Waals surface area contributed by atoms with Crippen molar-refractivity contribution in [3.8, 4) is 0 Å². The molecule has 3 rings (SSSR count). The summed E-state index contributed by atoms with van der Waals surface area (Å²) in [6, 6.07) is 8.22. The van der Waals surface area contributed by atoms with Crippen LogP contribution in [0, 0.1) is 5.82 Å². The highest BCUT2D eigenvalue weighted by Crippen LogP contribution is 2.28. The Balaban J connectivity index is 1.66. The van der Waals surface area contributed by atoms with E-state index in [0.29, 0.717) is 4.34 Å². The lowest BCUT2D eigenvalue weighted by atomic mass is 10.1. The number of halogens is 2. The number of aryl methyl sites for hydroxylation is 1. The van der Waals surface area contributed by atoms with E-state index in [1.807, 2.05) is 25.9 Å². The van der Waals surface area contributed by atoms with E-state index in [9.17, 15) is 17.6 Å². The normalized spacial score (nSPS) is 15.6. The maximum absolute atomic E-state index is 14.7. The van der Waals surface area contributed by atoms with Crippen molar-refractivity contribution in [3.05, 3.63) is 62.7 Å². The van der Waals surface area contributed by atoms with Crippen molar-refractivity contribution < 1.29 is 17.6 Å². The van der Waals surface area contributed by atoms with Gasteiger partial charge in [-0.15, -0.1) is 11.3 Å². The molecule has 10 heteroatoms. The molecular formula is C20H23ClFN3O3S2. The fraction of sp³-hybridized carbons (Fsp3) is 0.350. The van der Waals surface area contributed by atoms with Crippen LogP contribution < -0.4 is 9.62 Å². The molecule has 2 heterocycles. The Hall–Kier alpha value is -1.94. The first-order valence-corrected chi connectivity index (χ1v) is 12.1. The van der Waals surface area contributed by atoms with Crippen molar-refractivity contribution >= 4 is 44.6 Å². The quantitative estimate of drug-likeness (QED) is 0.639. The Morgan fingerprint density at radius 1 is 1.30 bits per heavy atom. The van der Waals surface area contributed by atoms with Gasteiger partial charge in [0.2, 0.25) is 10.0 Å². The molecule has 0 radical (unpaired) electrons. The van der Waals surface area contributed by atoms with Crippen LogP contribution in [0.3, 0.4) is 0 Å². The Bertz CT molecular complexity index is 1080. The predicted molar refractivity (Wildman–Crippen MR) is 119 cm³/mol. The molecular weight excluding hydrogens is 449 g/mol. The third-order valence-corrected chi connectivity index (χ3v) is 7.55. The zero-order valence-electron chi connectivity index (χ0n) is 16.9. The molecule has 1 atom stereocenters. The summed E-state index contributed by atoms with van der Waals surface area (Å²) >= 11 is 7.17. The van der Waals surface area contributed by atoms with Gasteiger partial charge in [-0.05, 0) is 63.3 Å². The number of thiophene rings is 1. The summed E-state index contributed by atoms with van der Waals surface area (Å²) in [5.74, 6) is -1.29. The second-order valence-electron chi connectivity index (χ2n) is 7.26. The summed E-state index contributed by atoms with van der Waals surface area (Å²) < 4.78 is 42.4. The highest BCUT2D eigenvalue weighted by atomic mass is 35.5. The van der Waals surface area contributed by atoms with Gasteiger partial charge in [0.05, 0.1) is 15.8 Å². The van der Waals surface area contributed by atoms with Crippen LogP contribution in [0.25, 0.3) is 0 Å². The lowest BCUT2D eigenvalue weighted by Gasteiger charge is -2.22. The largest absolute Gasteiger partial charge is 0.303 e. The van der Waals surface area contributed by atoms with E-state index in [0.717, 1.165) is 10.4 Å². The first-order chi connectivity index (χ1) is 14.1. The van der Waals surface area contributed by atoms with E-state index >= 15 is 0 Å². The smallest absolute Gasteiger partial charge is 0.275 e. The van der Waals surface area contributed by atoms with Crippen molar-refractivity contribution in [1.29, 1.82) is 0 Å². The average Bonchev–Trinajstić information content (AvgIpc) is 3.25. The van der Waals surface area contributed by atoms with Crippen LogP contribution in [0.1, 0.15) is 23.4 Å². The van der Waals surface area contributed by atoms with Crippen LogP contribution in [-0.2, 0) is 21.2 Å². The van der Waals surface area contributed by atoms with E-state index < -0.39 is 21.7 Å². The molecule has 0 saturated carbocycles. The molecule has 0 bridgehead atoms. The Kier molecular flexibility index (Phi) is 6.86. The number of sulfonamides is 1. The van der Waals surface area contributed by atoms with Crippen molar-refractivity contribution in [3.63, 3.8) is 0 Å². The van der Waals surface area contributed by atoms with E-state index in [2.05, 4.69) is 4.72 Å². The zero-order valence-corrected chi connectivity index (χ0v) is 19.2. The molecule has 0 aliphatic carbocycles. The standard InChI is InChI=1S/C20H23ClFN3O3S2/c1-13(24(2)3)14-4-6-18(16(22)12-14)25-10-8-17(20(25)26)23-30(27,28)11-9-15-5-7-19(21)29-15/h4-8,12-13,23H,9-11H2,1-3H3/t13-/m1/s1. The minimum absolute atomic E-state index is 0.0153. The maximum atomic E-state index is 14.7. The topological polar surface area (TPSA) is 69.7 Å². The Morgan fingerprint density at radius 2 is 2.03 bits per heavy atom. The minimum atomic E-state index is -3.73. The van der Waals surface area contributed by atoms with Crippen LogP contribution in [0.5, 0.6) is 0 Å². The number of nitrogens with one attached hydrogen (secondary N) is 1. The molecule has 162 valence electrons. The molecule has 1 N–H and O–H groups in total. The number of rotatable bonds is 8. The summed E-state index contributed by atoms with van der Waals surface area (Å²) in [7, 11) is 0.0657. The number of anilines is 1. The van der Waals surface area contributed by atoms with Gasteiger partial charge in [-0.2, -0.15) is 0 Å². The fourth-order valence-electron chi connectivity index (χ4n) is 3.03. The number of carbonyl (C=O) groups is 1. The predicted octanol–water partition coefficient (Wildman–Crippen LogP) is 3.56. The van der Waals surface area contributed by atoms with Crippen LogP contribution in [0.4, 0.5) is 10.1 Å². The second kappa shape index (κ2) is 9.05. The molecule has 2 aromatic rings. The fourth-order valence-corrected chi connectivity index (χ4v) is 5.34. The molecule has 1 aromatic heterocycles. The second-order valence-corrected chi connectivity index (χ2v) is 10.9. The Morgan fingerprint density at radius 3 is 2.63 bits per heavy atom. The number of carbonyl (C=O) groups excluding carboxylic acids is 1. The van der Waals surface area contributed by atoms with Gasteiger partial charge in [0.15, 0.2) is 0 Å². The van der Waals surface area contributed by atoms with Crippen molar-refractivity contribution in [2.24, 2.45) is 0 Å². The SMILES string of the molecule is C[C@H](c1ccc(N2CC=C(NS(=O)(=O)CCc3ccc(Cl)s3)C2=O)c(F)c1)N(C)C. The van der Waals surface area contributed by atoms with Gasteiger partial charge < -0.3 is 9.80 Å². The molecule has 0 fully saturated rings. The van der Waals surface area contributed by atoms with Gasteiger partial charge in [0.25, 0.3) is 5.91 Å². The molecule has 0 spiro atoms. The molecule has 1 amide bonds. The highest BCUT2D eigenvalue weighted by molar-refractivity contribution is 7.89. The molecule has 1 aromatic carbocycles. The number of hydrogen-bond acceptors (Lipinski definition) is 5. The van der Waals surface area contributed by atoms with Crippen molar-refractivity contribution in [2.45, 2.75) is 19.4 Å². The van der Waals surface area contributed by atoms with Gasteiger partial charge in [-0.25, -0.2) is 12.8 Å². The number of amides is 1. The van der Waals surface area contributed by atoms with Gasteiger partial charge in [0, 0.05) is 17.5 Å². The first-order valence-electron chi connectivity index (χ1n) is 9.30.